The van der Waals surface area contributed by atoms with Gasteiger partial charge in [0.05, 0.1) is 6.42 Å². The van der Waals surface area contributed by atoms with E-state index in [-0.39, 0.29) is 17.7 Å². The van der Waals surface area contributed by atoms with Gasteiger partial charge >= 0.3 is 5.97 Å². The highest BCUT2D eigenvalue weighted by atomic mass is 16.4. The summed E-state index contributed by atoms with van der Waals surface area (Å²) in [6.45, 7) is 0.389. The van der Waals surface area contributed by atoms with Crippen molar-refractivity contribution in [3.63, 3.8) is 0 Å². The number of aromatic hydroxyl groups is 1. The second-order valence-corrected chi connectivity index (χ2v) is 6.35. The molecular weight excluding hydrogens is 356 g/mol. The van der Waals surface area contributed by atoms with Crippen molar-refractivity contribution in [3.8, 4) is 16.9 Å². The molecule has 0 aliphatic rings. The van der Waals surface area contributed by atoms with Crippen LogP contribution in [0.5, 0.6) is 5.75 Å². The number of carboxylic acids is 1. The monoisotopic (exact) mass is 376 g/mol. The fourth-order valence-electron chi connectivity index (χ4n) is 2.94. The molecule has 0 spiro atoms. The summed E-state index contributed by atoms with van der Waals surface area (Å²) in [5.41, 5.74) is 9.32. The Hall–Kier alpha value is -3.64. The van der Waals surface area contributed by atoms with Crippen molar-refractivity contribution in [1.82, 2.24) is 0 Å². The average Bonchev–Trinajstić information content (AvgIpc) is 2.68. The summed E-state index contributed by atoms with van der Waals surface area (Å²) in [6.07, 6.45) is -0.201. The number of phenolic OH excluding ortho intramolecular Hbond substituents is 1. The SMILES string of the molecule is NCc1cccc(-c2cc(O)cc(C(=O)Nc3ccccc3CC(=O)O)c2)c1. The van der Waals surface area contributed by atoms with Gasteiger partial charge in [-0.25, -0.2) is 0 Å². The quantitative estimate of drug-likeness (QED) is 0.527. The second kappa shape index (κ2) is 8.37. The lowest BCUT2D eigenvalue weighted by molar-refractivity contribution is -0.136. The van der Waals surface area contributed by atoms with Crippen LogP contribution < -0.4 is 11.1 Å². The highest BCUT2D eigenvalue weighted by Gasteiger charge is 2.13. The first-order chi connectivity index (χ1) is 13.5. The predicted molar refractivity (Wildman–Crippen MR) is 107 cm³/mol. The molecule has 0 aromatic heterocycles. The van der Waals surface area contributed by atoms with Crippen molar-refractivity contribution in [1.29, 1.82) is 0 Å². The average molecular weight is 376 g/mol. The lowest BCUT2D eigenvalue weighted by atomic mass is 10.00. The van der Waals surface area contributed by atoms with Crippen LogP contribution in [0.25, 0.3) is 11.1 Å². The molecule has 3 aromatic carbocycles. The Morgan fingerprint density at radius 1 is 0.929 bits per heavy atom. The number of nitrogens with two attached hydrogens (primary N) is 1. The van der Waals surface area contributed by atoms with Crippen LogP contribution in [0.1, 0.15) is 21.5 Å². The topological polar surface area (TPSA) is 113 Å². The Morgan fingerprint density at radius 3 is 2.46 bits per heavy atom. The van der Waals surface area contributed by atoms with E-state index in [1.54, 1.807) is 36.4 Å². The standard InChI is InChI=1S/C22H20N2O4/c23-13-14-4-3-6-15(8-14)17-9-18(11-19(25)10-17)22(28)24-20-7-2-1-5-16(20)12-21(26)27/h1-11,25H,12-13,23H2,(H,24,28)(H,26,27). The molecule has 0 atom stereocenters. The number of hydrogen-bond donors (Lipinski definition) is 4. The summed E-state index contributed by atoms with van der Waals surface area (Å²) in [4.78, 5) is 23.7. The van der Waals surface area contributed by atoms with E-state index in [9.17, 15) is 14.7 Å². The molecule has 0 heterocycles. The van der Waals surface area contributed by atoms with Crippen LogP contribution in [0, 0.1) is 0 Å². The number of anilines is 1. The van der Waals surface area contributed by atoms with Crippen molar-refractivity contribution < 1.29 is 19.8 Å². The number of carbonyl (C=O) groups excluding carboxylic acids is 1. The zero-order valence-electron chi connectivity index (χ0n) is 15.1. The second-order valence-electron chi connectivity index (χ2n) is 6.35. The molecular formula is C22H20N2O4. The number of phenols is 1. The summed E-state index contributed by atoms with van der Waals surface area (Å²) in [5, 5.41) is 21.8. The van der Waals surface area contributed by atoms with Gasteiger partial charge in [0.25, 0.3) is 5.91 Å². The van der Waals surface area contributed by atoms with Gasteiger partial charge in [0.15, 0.2) is 0 Å². The number of carboxylic acid groups (broad SMARTS) is 1. The highest BCUT2D eigenvalue weighted by Crippen LogP contribution is 2.27. The van der Waals surface area contributed by atoms with E-state index in [1.165, 1.54) is 6.07 Å². The molecule has 1 amide bonds. The third-order valence-corrected chi connectivity index (χ3v) is 4.28. The number of rotatable bonds is 6. The first-order valence-corrected chi connectivity index (χ1v) is 8.71. The maximum atomic E-state index is 12.7. The van der Waals surface area contributed by atoms with Crippen molar-refractivity contribution >= 4 is 17.6 Å². The number of aliphatic carboxylic acids is 1. The number of para-hydroxylation sites is 1. The lowest BCUT2D eigenvalue weighted by Gasteiger charge is -2.11. The third kappa shape index (κ3) is 4.55. The van der Waals surface area contributed by atoms with Crippen molar-refractivity contribution in [3.05, 3.63) is 83.4 Å². The third-order valence-electron chi connectivity index (χ3n) is 4.28. The molecule has 6 heteroatoms. The number of carbonyl (C=O) groups is 2. The first-order valence-electron chi connectivity index (χ1n) is 8.71. The molecule has 0 unspecified atom stereocenters. The van der Waals surface area contributed by atoms with E-state index in [0.29, 0.717) is 23.4 Å². The lowest BCUT2D eigenvalue weighted by Crippen LogP contribution is -2.14. The molecule has 3 rings (SSSR count). The van der Waals surface area contributed by atoms with E-state index >= 15 is 0 Å². The first kappa shape index (κ1) is 19.1. The van der Waals surface area contributed by atoms with Gasteiger partial charge in [-0.1, -0.05) is 36.4 Å². The van der Waals surface area contributed by atoms with Gasteiger partial charge < -0.3 is 21.3 Å². The van der Waals surface area contributed by atoms with E-state index in [1.807, 2.05) is 24.3 Å². The van der Waals surface area contributed by atoms with Gasteiger partial charge in [0, 0.05) is 17.8 Å². The smallest absolute Gasteiger partial charge is 0.307 e. The van der Waals surface area contributed by atoms with Gasteiger partial charge in [-0.3, -0.25) is 9.59 Å². The van der Waals surface area contributed by atoms with Crippen molar-refractivity contribution in [2.75, 3.05) is 5.32 Å². The molecule has 0 bridgehead atoms. The number of amides is 1. The molecule has 0 aliphatic carbocycles. The summed E-state index contributed by atoms with van der Waals surface area (Å²) in [6, 6.07) is 18.9. The highest BCUT2D eigenvalue weighted by molar-refractivity contribution is 6.05. The fraction of sp³-hybridized carbons (Fsp3) is 0.0909. The van der Waals surface area contributed by atoms with E-state index in [2.05, 4.69) is 5.32 Å². The summed E-state index contributed by atoms with van der Waals surface area (Å²) < 4.78 is 0. The zero-order valence-corrected chi connectivity index (χ0v) is 15.1. The maximum absolute atomic E-state index is 12.7. The molecule has 3 aromatic rings. The molecule has 28 heavy (non-hydrogen) atoms. The van der Waals surface area contributed by atoms with Crippen LogP contribution in [0.2, 0.25) is 0 Å². The number of benzene rings is 3. The van der Waals surface area contributed by atoms with Crippen LogP contribution in [0.3, 0.4) is 0 Å². The molecule has 0 fully saturated rings. The summed E-state index contributed by atoms with van der Waals surface area (Å²) in [7, 11) is 0. The van der Waals surface area contributed by atoms with Gasteiger partial charge in [0.1, 0.15) is 5.75 Å². The van der Waals surface area contributed by atoms with Crippen LogP contribution in [-0.4, -0.2) is 22.1 Å². The van der Waals surface area contributed by atoms with Gasteiger partial charge in [0.2, 0.25) is 0 Å². The number of nitrogens with one attached hydrogen (secondary N) is 1. The molecule has 0 saturated heterocycles. The van der Waals surface area contributed by atoms with Gasteiger partial charge in [-0.15, -0.1) is 0 Å². The molecule has 142 valence electrons. The van der Waals surface area contributed by atoms with E-state index in [4.69, 9.17) is 10.8 Å². The molecule has 6 nitrogen and oxygen atoms in total. The van der Waals surface area contributed by atoms with Crippen LogP contribution in [0.4, 0.5) is 5.69 Å². The van der Waals surface area contributed by atoms with Crippen LogP contribution >= 0.6 is 0 Å². The van der Waals surface area contributed by atoms with Crippen molar-refractivity contribution in [2.45, 2.75) is 13.0 Å². The van der Waals surface area contributed by atoms with E-state index in [0.717, 1.165) is 11.1 Å². The van der Waals surface area contributed by atoms with Gasteiger partial charge in [-0.05, 0) is 52.6 Å². The Balaban J connectivity index is 1.91. The fourth-order valence-corrected chi connectivity index (χ4v) is 2.94. The Morgan fingerprint density at radius 2 is 1.71 bits per heavy atom. The molecule has 0 saturated carbocycles. The summed E-state index contributed by atoms with van der Waals surface area (Å²) >= 11 is 0. The Labute approximate surface area is 162 Å². The largest absolute Gasteiger partial charge is 0.508 e. The minimum atomic E-state index is -0.985. The number of hydrogen-bond acceptors (Lipinski definition) is 4. The summed E-state index contributed by atoms with van der Waals surface area (Å²) in [5.74, 6) is -1.47. The molecule has 0 aliphatic heterocycles. The van der Waals surface area contributed by atoms with Gasteiger partial charge in [-0.2, -0.15) is 0 Å². The van der Waals surface area contributed by atoms with Crippen LogP contribution in [-0.2, 0) is 17.8 Å². The molecule has 0 radical (unpaired) electrons. The maximum Gasteiger partial charge on any atom is 0.307 e. The Kier molecular flexibility index (Phi) is 5.72. The minimum Gasteiger partial charge on any atom is -0.508 e. The van der Waals surface area contributed by atoms with Crippen molar-refractivity contribution in [2.24, 2.45) is 5.73 Å². The minimum absolute atomic E-state index is 0.0420. The van der Waals surface area contributed by atoms with E-state index < -0.39 is 11.9 Å². The van der Waals surface area contributed by atoms with Crippen LogP contribution in [0.15, 0.2) is 66.7 Å². The normalized spacial score (nSPS) is 10.5. The zero-order chi connectivity index (χ0) is 20.1. The molecule has 5 N–H and O–H groups in total. The predicted octanol–water partition coefficient (Wildman–Crippen LogP) is 3.40. The Bertz CT molecular complexity index is 1030.